The van der Waals surface area contributed by atoms with Crippen LogP contribution in [0.15, 0.2) is 24.3 Å². The number of benzene rings is 1. The normalized spacial score (nSPS) is 12.8. The maximum absolute atomic E-state index is 11.8. The maximum atomic E-state index is 11.8. The summed E-state index contributed by atoms with van der Waals surface area (Å²) in [5, 5.41) is 9.05. The fourth-order valence-corrected chi connectivity index (χ4v) is 2.86. The molecule has 1 N–H and O–H groups in total. The first-order valence-electron chi connectivity index (χ1n) is 5.73. The molecule has 0 bridgehead atoms. The van der Waals surface area contributed by atoms with Gasteiger partial charge in [0, 0.05) is 0 Å². The molecule has 7 heteroatoms. The third kappa shape index (κ3) is 3.60. The predicted molar refractivity (Wildman–Crippen MR) is 72.0 cm³/mol. The number of carboxylic acids is 1. The molecule has 0 heterocycles. The molecule has 0 aliphatic rings. The molecular formula is C12H17NO5S. The van der Waals surface area contributed by atoms with Crippen molar-refractivity contribution in [1.29, 1.82) is 0 Å². The number of anilines is 1. The van der Waals surface area contributed by atoms with Crippen LogP contribution in [0.3, 0.4) is 0 Å². The lowest BCUT2D eigenvalue weighted by molar-refractivity contribution is -0.137. The van der Waals surface area contributed by atoms with E-state index in [4.69, 9.17) is 9.84 Å². The quantitative estimate of drug-likeness (QED) is 0.853. The zero-order valence-corrected chi connectivity index (χ0v) is 11.8. The van der Waals surface area contributed by atoms with Gasteiger partial charge in [-0.1, -0.05) is 12.1 Å². The largest absolute Gasteiger partial charge is 0.492 e. The first kappa shape index (κ1) is 15.3. The van der Waals surface area contributed by atoms with E-state index in [0.717, 1.165) is 10.6 Å². The molecule has 106 valence electrons. The van der Waals surface area contributed by atoms with E-state index in [2.05, 4.69) is 0 Å². The van der Waals surface area contributed by atoms with E-state index in [9.17, 15) is 13.2 Å². The number of nitrogens with zero attached hydrogens (tertiary/aromatic N) is 1. The minimum absolute atomic E-state index is 0.224. The van der Waals surface area contributed by atoms with Crippen LogP contribution in [0.25, 0.3) is 0 Å². The fraction of sp³-hybridized carbons (Fsp3) is 0.417. The third-order valence-corrected chi connectivity index (χ3v) is 3.70. The molecule has 0 amide bonds. The summed E-state index contributed by atoms with van der Waals surface area (Å²) >= 11 is 0. The lowest BCUT2D eigenvalue weighted by Crippen LogP contribution is -2.43. The smallest absolute Gasteiger partial charge is 0.327 e. The van der Waals surface area contributed by atoms with Crippen molar-refractivity contribution < 1.29 is 23.1 Å². The van der Waals surface area contributed by atoms with E-state index >= 15 is 0 Å². The van der Waals surface area contributed by atoms with Crippen molar-refractivity contribution in [1.82, 2.24) is 0 Å². The summed E-state index contributed by atoms with van der Waals surface area (Å²) < 4.78 is 29.9. The zero-order chi connectivity index (χ0) is 14.6. The summed E-state index contributed by atoms with van der Waals surface area (Å²) in [7, 11) is -3.73. The predicted octanol–water partition coefficient (Wildman–Crippen LogP) is 1.32. The lowest BCUT2D eigenvalue weighted by Gasteiger charge is -2.27. The molecule has 19 heavy (non-hydrogen) atoms. The summed E-state index contributed by atoms with van der Waals surface area (Å²) in [6, 6.07) is 5.24. The number of aliphatic carboxylic acids is 1. The monoisotopic (exact) mass is 287 g/mol. The van der Waals surface area contributed by atoms with Gasteiger partial charge in [0.1, 0.15) is 11.8 Å². The van der Waals surface area contributed by atoms with Crippen molar-refractivity contribution in [3.8, 4) is 5.75 Å². The standard InChI is InChI=1S/C12H17NO5S/c1-4-18-11-8-6-5-7-10(11)13(19(3,16)17)9(2)12(14)15/h5-9H,4H2,1-3H3,(H,14,15). The van der Waals surface area contributed by atoms with E-state index < -0.39 is 22.0 Å². The minimum Gasteiger partial charge on any atom is -0.492 e. The van der Waals surface area contributed by atoms with Gasteiger partial charge in [0.15, 0.2) is 0 Å². The number of ether oxygens (including phenoxy) is 1. The Labute approximate surface area is 112 Å². The highest BCUT2D eigenvalue weighted by Gasteiger charge is 2.30. The van der Waals surface area contributed by atoms with E-state index in [1.54, 1.807) is 25.1 Å². The van der Waals surface area contributed by atoms with E-state index in [1.807, 2.05) is 0 Å². The Morgan fingerprint density at radius 2 is 2.00 bits per heavy atom. The second-order valence-corrected chi connectivity index (χ2v) is 5.83. The third-order valence-electron chi connectivity index (χ3n) is 2.47. The van der Waals surface area contributed by atoms with Crippen LogP contribution in [0, 0.1) is 0 Å². The van der Waals surface area contributed by atoms with Crippen LogP contribution in [0.1, 0.15) is 13.8 Å². The maximum Gasteiger partial charge on any atom is 0.327 e. The van der Waals surface area contributed by atoms with Gasteiger partial charge in [-0.3, -0.25) is 4.31 Å². The van der Waals surface area contributed by atoms with Gasteiger partial charge >= 0.3 is 5.97 Å². The highest BCUT2D eigenvalue weighted by atomic mass is 32.2. The molecule has 1 rings (SSSR count). The van der Waals surface area contributed by atoms with Gasteiger partial charge < -0.3 is 9.84 Å². The van der Waals surface area contributed by atoms with Crippen LogP contribution in [0.4, 0.5) is 5.69 Å². The molecule has 0 aliphatic carbocycles. The summed E-state index contributed by atoms with van der Waals surface area (Å²) in [6.07, 6.45) is 0.967. The number of para-hydroxylation sites is 2. The molecular weight excluding hydrogens is 270 g/mol. The van der Waals surface area contributed by atoms with Gasteiger partial charge in [0.05, 0.1) is 18.6 Å². The molecule has 0 radical (unpaired) electrons. The lowest BCUT2D eigenvalue weighted by atomic mass is 10.2. The Bertz CT molecular complexity index is 555. The minimum atomic E-state index is -3.73. The van der Waals surface area contributed by atoms with Crippen LogP contribution in [0.5, 0.6) is 5.75 Å². The van der Waals surface area contributed by atoms with Crippen molar-refractivity contribution in [2.45, 2.75) is 19.9 Å². The molecule has 0 aromatic heterocycles. The Balaban J connectivity index is 3.38. The summed E-state index contributed by atoms with van der Waals surface area (Å²) in [5.41, 5.74) is 0.224. The molecule has 0 fully saturated rings. The number of rotatable bonds is 6. The molecule has 1 unspecified atom stereocenters. The van der Waals surface area contributed by atoms with Crippen molar-refractivity contribution >= 4 is 21.7 Å². The Morgan fingerprint density at radius 3 is 2.47 bits per heavy atom. The molecule has 1 aromatic carbocycles. The topological polar surface area (TPSA) is 83.9 Å². The van der Waals surface area contributed by atoms with Crippen LogP contribution in [0.2, 0.25) is 0 Å². The number of carbonyl (C=O) groups is 1. The van der Waals surface area contributed by atoms with E-state index in [-0.39, 0.29) is 5.69 Å². The van der Waals surface area contributed by atoms with Gasteiger partial charge in [0.2, 0.25) is 10.0 Å². The van der Waals surface area contributed by atoms with Gasteiger partial charge in [-0.2, -0.15) is 0 Å². The number of hydrogen-bond donors (Lipinski definition) is 1. The second-order valence-electron chi connectivity index (χ2n) is 3.97. The second kappa shape index (κ2) is 5.92. The van der Waals surface area contributed by atoms with E-state index in [0.29, 0.717) is 12.4 Å². The Morgan fingerprint density at radius 1 is 1.42 bits per heavy atom. The number of hydrogen-bond acceptors (Lipinski definition) is 4. The highest BCUT2D eigenvalue weighted by molar-refractivity contribution is 7.92. The molecule has 1 atom stereocenters. The van der Waals surface area contributed by atoms with Gasteiger partial charge in [0.25, 0.3) is 0 Å². The van der Waals surface area contributed by atoms with Crippen molar-refractivity contribution in [2.24, 2.45) is 0 Å². The van der Waals surface area contributed by atoms with Gasteiger partial charge in [-0.05, 0) is 26.0 Å². The molecule has 0 saturated carbocycles. The summed E-state index contributed by atoms with van der Waals surface area (Å²) in [5.74, 6) is -0.889. The first-order valence-corrected chi connectivity index (χ1v) is 7.58. The first-order chi connectivity index (χ1) is 8.79. The van der Waals surface area contributed by atoms with Crippen molar-refractivity contribution in [3.63, 3.8) is 0 Å². The van der Waals surface area contributed by atoms with Crippen molar-refractivity contribution in [3.05, 3.63) is 24.3 Å². The van der Waals surface area contributed by atoms with E-state index in [1.165, 1.54) is 13.0 Å². The molecule has 6 nitrogen and oxygen atoms in total. The van der Waals surface area contributed by atoms with Crippen LogP contribution >= 0.6 is 0 Å². The van der Waals surface area contributed by atoms with Gasteiger partial charge in [-0.15, -0.1) is 0 Å². The molecule has 1 aromatic rings. The van der Waals surface area contributed by atoms with Crippen LogP contribution < -0.4 is 9.04 Å². The molecule has 0 saturated heterocycles. The highest BCUT2D eigenvalue weighted by Crippen LogP contribution is 2.31. The fourth-order valence-electron chi connectivity index (χ4n) is 1.69. The van der Waals surface area contributed by atoms with Gasteiger partial charge in [-0.25, -0.2) is 13.2 Å². The van der Waals surface area contributed by atoms with Crippen LogP contribution in [-0.2, 0) is 14.8 Å². The average molecular weight is 287 g/mol. The average Bonchev–Trinajstić information content (AvgIpc) is 2.30. The zero-order valence-electron chi connectivity index (χ0n) is 11.0. The van der Waals surface area contributed by atoms with Crippen molar-refractivity contribution in [2.75, 3.05) is 17.2 Å². The molecule has 0 aliphatic heterocycles. The Hall–Kier alpha value is -1.76. The summed E-state index contributed by atoms with van der Waals surface area (Å²) in [6.45, 7) is 3.43. The Kier molecular flexibility index (Phi) is 4.77. The molecule has 0 spiro atoms. The summed E-state index contributed by atoms with van der Waals surface area (Å²) in [4.78, 5) is 11.1. The van der Waals surface area contributed by atoms with Crippen LogP contribution in [-0.4, -0.2) is 38.4 Å². The number of sulfonamides is 1. The number of carboxylic acid groups (broad SMARTS) is 1. The SMILES string of the molecule is CCOc1ccccc1N(C(C)C(=O)O)S(C)(=O)=O.